The zero-order chi connectivity index (χ0) is 23.3. The van der Waals surface area contributed by atoms with Crippen molar-refractivity contribution in [3.8, 4) is 11.3 Å². The van der Waals surface area contributed by atoms with Crippen molar-refractivity contribution in [1.29, 1.82) is 0 Å². The van der Waals surface area contributed by atoms with Gasteiger partial charge in [-0.2, -0.15) is 10.1 Å². The molecule has 1 fully saturated rings. The Labute approximate surface area is 198 Å². The minimum atomic E-state index is -0.175. The molecule has 174 valence electrons. The summed E-state index contributed by atoms with van der Waals surface area (Å²) < 4.78 is 0. The molecule has 5 rings (SSSR count). The lowest BCUT2D eigenvalue weighted by molar-refractivity contribution is -0.122. The number of hydrogen-bond acceptors (Lipinski definition) is 6. The molecular formula is C26H29N7O. The molecule has 2 heterocycles. The predicted molar refractivity (Wildman–Crippen MR) is 134 cm³/mol. The summed E-state index contributed by atoms with van der Waals surface area (Å²) in [6, 6.07) is 18.4. The van der Waals surface area contributed by atoms with Crippen LogP contribution in [0.1, 0.15) is 31.2 Å². The van der Waals surface area contributed by atoms with Gasteiger partial charge < -0.3 is 16.4 Å². The van der Waals surface area contributed by atoms with Crippen molar-refractivity contribution in [1.82, 2.24) is 20.2 Å². The summed E-state index contributed by atoms with van der Waals surface area (Å²) >= 11 is 0. The van der Waals surface area contributed by atoms with Crippen LogP contribution in [0.25, 0.3) is 22.2 Å². The van der Waals surface area contributed by atoms with Crippen LogP contribution in [-0.4, -0.2) is 32.6 Å². The second-order valence-corrected chi connectivity index (χ2v) is 8.97. The molecule has 2 aromatic heterocycles. The van der Waals surface area contributed by atoms with Gasteiger partial charge in [0, 0.05) is 36.0 Å². The Balaban J connectivity index is 1.35. The second-order valence-electron chi connectivity index (χ2n) is 8.97. The molecular weight excluding hydrogens is 426 g/mol. The number of aromatic nitrogens is 4. The number of nitrogens with zero attached hydrogens (tertiary/aromatic N) is 3. The molecule has 0 saturated heterocycles. The Morgan fingerprint density at radius 1 is 1.00 bits per heavy atom. The molecule has 0 unspecified atom stereocenters. The molecule has 4 aromatic rings. The highest BCUT2D eigenvalue weighted by atomic mass is 16.1. The maximum atomic E-state index is 11.5. The predicted octanol–water partition coefficient (Wildman–Crippen LogP) is 4.34. The summed E-state index contributed by atoms with van der Waals surface area (Å²) in [4.78, 5) is 21.0. The molecule has 8 heteroatoms. The molecule has 1 aliphatic carbocycles. The number of fused-ring (bicyclic) bond motifs is 1. The smallest absolute Gasteiger partial charge is 0.225 e. The summed E-state index contributed by atoms with van der Waals surface area (Å²) in [7, 11) is 0. The molecule has 5 N–H and O–H groups in total. The van der Waals surface area contributed by atoms with Crippen LogP contribution in [0.3, 0.4) is 0 Å². The number of amides is 1. The zero-order valence-electron chi connectivity index (χ0n) is 19.0. The topological polar surface area (TPSA) is 122 Å². The maximum Gasteiger partial charge on any atom is 0.225 e. The van der Waals surface area contributed by atoms with Gasteiger partial charge in [0.05, 0.1) is 17.4 Å². The lowest BCUT2D eigenvalue weighted by atomic mass is 9.82. The fraction of sp³-hybridized carbons (Fsp3) is 0.308. The third-order valence-corrected chi connectivity index (χ3v) is 6.58. The van der Waals surface area contributed by atoms with E-state index in [0.29, 0.717) is 18.4 Å². The first kappa shape index (κ1) is 21.9. The summed E-state index contributed by atoms with van der Waals surface area (Å²) in [5.74, 6) is 1.68. The summed E-state index contributed by atoms with van der Waals surface area (Å²) in [6.45, 7) is 1.45. The van der Waals surface area contributed by atoms with E-state index in [1.807, 2.05) is 42.6 Å². The standard InChI is InChI=1S/C26H29N7O/c27-25(34)19-8-6-18(7-9-19)15-29-26-31-23(20-10-11-22-21(12-20)16-30-33-22)13-24(32-26)28-14-17-4-2-1-3-5-17/h1-5,10-13,16,18-19H,6-9,14-15H2,(H2,27,34)(H,30,33)(H2,28,29,31,32). The number of primary amides is 1. The van der Waals surface area contributed by atoms with E-state index in [-0.39, 0.29) is 11.8 Å². The van der Waals surface area contributed by atoms with E-state index in [2.05, 4.69) is 39.0 Å². The second kappa shape index (κ2) is 9.91. The Morgan fingerprint density at radius 2 is 1.82 bits per heavy atom. The Kier molecular flexibility index (Phi) is 6.38. The highest BCUT2D eigenvalue weighted by Gasteiger charge is 2.24. The Morgan fingerprint density at radius 3 is 2.62 bits per heavy atom. The van der Waals surface area contributed by atoms with E-state index < -0.39 is 0 Å². The number of anilines is 2. The van der Waals surface area contributed by atoms with Crippen LogP contribution in [-0.2, 0) is 11.3 Å². The van der Waals surface area contributed by atoms with Gasteiger partial charge in [0.25, 0.3) is 0 Å². The van der Waals surface area contributed by atoms with Crippen molar-refractivity contribution >= 4 is 28.6 Å². The number of benzene rings is 2. The first-order valence-corrected chi connectivity index (χ1v) is 11.8. The van der Waals surface area contributed by atoms with Gasteiger partial charge in [-0.15, -0.1) is 0 Å². The first-order valence-electron chi connectivity index (χ1n) is 11.8. The zero-order valence-corrected chi connectivity index (χ0v) is 19.0. The van der Waals surface area contributed by atoms with E-state index in [1.165, 1.54) is 5.56 Å². The van der Waals surface area contributed by atoms with Gasteiger partial charge in [-0.1, -0.05) is 36.4 Å². The average molecular weight is 456 g/mol. The maximum absolute atomic E-state index is 11.5. The Bertz CT molecular complexity index is 1260. The van der Waals surface area contributed by atoms with Gasteiger partial charge in [-0.25, -0.2) is 4.98 Å². The van der Waals surface area contributed by atoms with Crippen LogP contribution in [0.4, 0.5) is 11.8 Å². The van der Waals surface area contributed by atoms with Crippen molar-refractivity contribution in [2.75, 3.05) is 17.2 Å². The number of hydrogen-bond donors (Lipinski definition) is 4. The van der Waals surface area contributed by atoms with Gasteiger partial charge in [0.1, 0.15) is 5.82 Å². The molecule has 1 amide bonds. The van der Waals surface area contributed by atoms with Crippen molar-refractivity contribution < 1.29 is 4.79 Å². The van der Waals surface area contributed by atoms with Crippen LogP contribution < -0.4 is 16.4 Å². The minimum Gasteiger partial charge on any atom is -0.369 e. The highest BCUT2D eigenvalue weighted by molar-refractivity contribution is 5.83. The van der Waals surface area contributed by atoms with Crippen molar-refractivity contribution in [2.45, 2.75) is 32.2 Å². The molecule has 0 bridgehead atoms. The molecule has 1 aliphatic rings. The molecule has 8 nitrogen and oxygen atoms in total. The largest absolute Gasteiger partial charge is 0.369 e. The van der Waals surface area contributed by atoms with E-state index in [1.54, 1.807) is 0 Å². The van der Waals surface area contributed by atoms with Crippen LogP contribution >= 0.6 is 0 Å². The van der Waals surface area contributed by atoms with Gasteiger partial charge in [0.2, 0.25) is 11.9 Å². The molecule has 1 saturated carbocycles. The van der Waals surface area contributed by atoms with E-state index >= 15 is 0 Å². The molecule has 0 spiro atoms. The normalized spacial score (nSPS) is 18.0. The molecule has 0 aliphatic heterocycles. The molecule has 0 radical (unpaired) electrons. The Hall–Kier alpha value is -3.94. The lowest BCUT2D eigenvalue weighted by Gasteiger charge is -2.26. The van der Waals surface area contributed by atoms with Crippen LogP contribution in [0.2, 0.25) is 0 Å². The summed E-state index contributed by atoms with van der Waals surface area (Å²) in [6.07, 6.45) is 5.50. The number of aromatic amines is 1. The molecule has 34 heavy (non-hydrogen) atoms. The number of carbonyl (C=O) groups is 1. The average Bonchev–Trinajstić information content (AvgIpc) is 3.35. The molecule has 2 aromatic carbocycles. The van der Waals surface area contributed by atoms with Crippen LogP contribution in [0.5, 0.6) is 0 Å². The monoisotopic (exact) mass is 455 g/mol. The summed E-state index contributed by atoms with van der Waals surface area (Å²) in [5.41, 5.74) is 9.50. The van der Waals surface area contributed by atoms with Gasteiger partial charge in [0.15, 0.2) is 0 Å². The van der Waals surface area contributed by atoms with E-state index in [4.69, 9.17) is 15.7 Å². The number of nitrogens with one attached hydrogen (secondary N) is 3. The van der Waals surface area contributed by atoms with E-state index in [9.17, 15) is 4.79 Å². The number of nitrogens with two attached hydrogens (primary N) is 1. The third kappa shape index (κ3) is 5.17. The van der Waals surface area contributed by atoms with Crippen molar-refractivity contribution in [3.63, 3.8) is 0 Å². The lowest BCUT2D eigenvalue weighted by Crippen LogP contribution is -2.29. The van der Waals surface area contributed by atoms with Crippen molar-refractivity contribution in [3.05, 3.63) is 66.4 Å². The van der Waals surface area contributed by atoms with Crippen LogP contribution in [0.15, 0.2) is 60.8 Å². The SMILES string of the molecule is NC(=O)C1CCC(CNc2nc(NCc3ccccc3)cc(-c3ccc4[nH]ncc4c3)n2)CC1. The fourth-order valence-corrected chi connectivity index (χ4v) is 4.54. The summed E-state index contributed by atoms with van der Waals surface area (Å²) in [5, 5.41) is 15.0. The quantitative estimate of drug-likeness (QED) is 0.314. The van der Waals surface area contributed by atoms with Crippen molar-refractivity contribution in [2.24, 2.45) is 17.6 Å². The number of rotatable bonds is 8. The minimum absolute atomic E-state index is 0.0162. The van der Waals surface area contributed by atoms with Gasteiger partial charge >= 0.3 is 0 Å². The fourth-order valence-electron chi connectivity index (χ4n) is 4.54. The van der Waals surface area contributed by atoms with E-state index in [0.717, 1.165) is 60.2 Å². The molecule has 0 atom stereocenters. The highest BCUT2D eigenvalue weighted by Crippen LogP contribution is 2.29. The van der Waals surface area contributed by atoms with Gasteiger partial charge in [-0.05, 0) is 49.3 Å². The van der Waals surface area contributed by atoms with Crippen LogP contribution in [0, 0.1) is 11.8 Å². The first-order chi connectivity index (χ1) is 16.6. The third-order valence-electron chi connectivity index (χ3n) is 6.58. The number of carbonyl (C=O) groups excluding carboxylic acids is 1. The number of H-pyrrole nitrogens is 1. The van der Waals surface area contributed by atoms with Gasteiger partial charge in [-0.3, -0.25) is 9.89 Å².